The van der Waals surface area contributed by atoms with E-state index in [4.69, 9.17) is 5.73 Å². The molecule has 0 unspecified atom stereocenters. The Morgan fingerprint density at radius 2 is 1.50 bits per heavy atom. The van der Waals surface area contributed by atoms with E-state index in [1.807, 2.05) is 30.3 Å². The Balaban J connectivity index is 0. The van der Waals surface area contributed by atoms with Crippen molar-refractivity contribution in [2.75, 3.05) is 5.73 Å². The fourth-order valence-corrected chi connectivity index (χ4v) is 0.453. The zero-order valence-electron chi connectivity index (χ0n) is 7.28. The first-order chi connectivity index (χ1) is 5.13. The van der Waals surface area contributed by atoms with Gasteiger partial charge < -0.3 is 10.5 Å². The maximum Gasteiger partial charge on any atom is 0.126 e. The van der Waals surface area contributed by atoms with Gasteiger partial charge in [-0.05, 0) is 26.0 Å². The van der Waals surface area contributed by atoms with Crippen molar-refractivity contribution in [3.63, 3.8) is 0 Å². The molecule has 0 aromatic heterocycles. The number of benzene rings is 1. The van der Waals surface area contributed by atoms with Crippen LogP contribution in [0.2, 0.25) is 0 Å². The topological polar surface area (TPSA) is 43.1 Å². The second kappa shape index (κ2) is 8.08. The zero-order valence-corrected chi connectivity index (χ0v) is 8.10. The van der Waals surface area contributed by atoms with E-state index in [-0.39, 0.29) is 18.2 Å². The quantitative estimate of drug-likeness (QED) is 0.634. The van der Waals surface area contributed by atoms with E-state index in [0.29, 0.717) is 0 Å². The van der Waals surface area contributed by atoms with Crippen molar-refractivity contribution in [2.24, 2.45) is 0 Å². The maximum atomic E-state index is 9.44. The largest absolute Gasteiger partial charge is 0.399 e. The standard InChI is InChI=1S/C6H7N.C3H6O.ClH/c7-6-4-2-1-3-5-6;1-3(2)4;/h1-5H,7H2;1-2H3;1H. The summed E-state index contributed by atoms with van der Waals surface area (Å²) in [6.45, 7) is 3.06. The third-order valence-corrected chi connectivity index (χ3v) is 0.800. The van der Waals surface area contributed by atoms with Gasteiger partial charge in [0.1, 0.15) is 5.78 Å². The molecule has 2 N–H and O–H groups in total. The van der Waals surface area contributed by atoms with Crippen LogP contribution >= 0.6 is 12.4 Å². The lowest BCUT2D eigenvalue weighted by molar-refractivity contribution is -0.114. The SMILES string of the molecule is CC(C)=O.Cl.Nc1ccccc1. The van der Waals surface area contributed by atoms with Crippen LogP contribution in [-0.4, -0.2) is 5.78 Å². The molecule has 0 bridgehead atoms. The highest BCUT2D eigenvalue weighted by atomic mass is 35.5. The Morgan fingerprint density at radius 1 is 1.17 bits per heavy atom. The molecule has 0 spiro atoms. The second-order valence-corrected chi connectivity index (χ2v) is 2.32. The fraction of sp³-hybridized carbons (Fsp3) is 0.222. The summed E-state index contributed by atoms with van der Waals surface area (Å²) in [5.41, 5.74) is 6.18. The van der Waals surface area contributed by atoms with E-state index in [2.05, 4.69) is 0 Å². The lowest BCUT2D eigenvalue weighted by atomic mass is 10.3. The van der Waals surface area contributed by atoms with Gasteiger partial charge in [0.2, 0.25) is 0 Å². The highest BCUT2D eigenvalue weighted by molar-refractivity contribution is 5.85. The van der Waals surface area contributed by atoms with Gasteiger partial charge in [-0.3, -0.25) is 0 Å². The minimum absolute atomic E-state index is 0. The van der Waals surface area contributed by atoms with Crippen molar-refractivity contribution in [1.29, 1.82) is 0 Å². The third-order valence-electron chi connectivity index (χ3n) is 0.800. The molecule has 0 heterocycles. The van der Waals surface area contributed by atoms with E-state index in [0.717, 1.165) is 5.69 Å². The molecule has 3 heteroatoms. The van der Waals surface area contributed by atoms with Gasteiger partial charge in [0, 0.05) is 5.69 Å². The number of hydrogen-bond acceptors (Lipinski definition) is 2. The number of hydrogen-bond donors (Lipinski definition) is 1. The Kier molecular flexibility index (Phi) is 9.13. The Bertz CT molecular complexity index is 207. The second-order valence-electron chi connectivity index (χ2n) is 2.32. The number of Topliss-reactive ketones (excluding diaryl/α,β-unsaturated/α-hetero) is 1. The van der Waals surface area contributed by atoms with Crippen molar-refractivity contribution < 1.29 is 4.79 Å². The summed E-state index contributed by atoms with van der Waals surface area (Å²) in [4.78, 5) is 9.44. The predicted molar refractivity (Wildman–Crippen MR) is 54.5 cm³/mol. The highest BCUT2D eigenvalue weighted by Gasteiger charge is 1.72. The number of halogens is 1. The molecule has 1 aromatic rings. The molecule has 1 rings (SSSR count). The van der Waals surface area contributed by atoms with E-state index in [1.54, 1.807) is 0 Å². The summed E-state index contributed by atoms with van der Waals surface area (Å²) in [5.74, 6) is 0.167. The number of nitrogen functional groups attached to an aromatic ring is 1. The molecule has 0 aliphatic rings. The summed E-state index contributed by atoms with van der Waals surface area (Å²) in [7, 11) is 0. The van der Waals surface area contributed by atoms with Crippen molar-refractivity contribution in [2.45, 2.75) is 13.8 Å². The van der Waals surface area contributed by atoms with Gasteiger partial charge in [-0.2, -0.15) is 0 Å². The molecule has 0 saturated carbocycles. The van der Waals surface area contributed by atoms with Crippen LogP contribution in [0, 0.1) is 0 Å². The fourth-order valence-electron chi connectivity index (χ4n) is 0.453. The van der Waals surface area contributed by atoms with Crippen LogP contribution in [-0.2, 0) is 4.79 Å². The van der Waals surface area contributed by atoms with Crippen molar-refractivity contribution >= 4 is 23.9 Å². The first-order valence-corrected chi connectivity index (χ1v) is 3.40. The lowest BCUT2D eigenvalue weighted by Gasteiger charge is -1.83. The molecule has 0 atom stereocenters. The number of carbonyl (C=O) groups is 1. The molecule has 0 radical (unpaired) electrons. The smallest absolute Gasteiger partial charge is 0.126 e. The minimum Gasteiger partial charge on any atom is -0.399 e. The Morgan fingerprint density at radius 3 is 1.67 bits per heavy atom. The molecule has 2 nitrogen and oxygen atoms in total. The molecule has 0 fully saturated rings. The highest BCUT2D eigenvalue weighted by Crippen LogP contribution is 1.95. The third kappa shape index (κ3) is 11.7. The average molecular weight is 188 g/mol. The van der Waals surface area contributed by atoms with Gasteiger partial charge in [0.05, 0.1) is 0 Å². The van der Waals surface area contributed by atoms with Crippen LogP contribution in [0.4, 0.5) is 5.69 Å². The first-order valence-electron chi connectivity index (χ1n) is 3.40. The van der Waals surface area contributed by atoms with Crippen LogP contribution < -0.4 is 5.73 Å². The zero-order chi connectivity index (χ0) is 8.69. The van der Waals surface area contributed by atoms with Crippen molar-refractivity contribution in [3.8, 4) is 0 Å². The van der Waals surface area contributed by atoms with E-state index in [9.17, 15) is 4.79 Å². The van der Waals surface area contributed by atoms with E-state index in [1.165, 1.54) is 13.8 Å². The monoisotopic (exact) mass is 187 g/mol. The van der Waals surface area contributed by atoms with Gasteiger partial charge in [-0.1, -0.05) is 18.2 Å². The van der Waals surface area contributed by atoms with Crippen LogP contribution in [0.15, 0.2) is 30.3 Å². The molecule has 12 heavy (non-hydrogen) atoms. The molecule has 0 aliphatic heterocycles. The van der Waals surface area contributed by atoms with E-state index >= 15 is 0 Å². The molecule has 1 aromatic carbocycles. The lowest BCUT2D eigenvalue weighted by Crippen LogP contribution is -1.79. The summed E-state index contributed by atoms with van der Waals surface area (Å²) < 4.78 is 0. The summed E-state index contributed by atoms with van der Waals surface area (Å²) in [6.07, 6.45) is 0. The molecule has 68 valence electrons. The van der Waals surface area contributed by atoms with Gasteiger partial charge >= 0.3 is 0 Å². The molecular weight excluding hydrogens is 174 g/mol. The number of rotatable bonds is 0. The number of ketones is 1. The molecule has 0 saturated heterocycles. The average Bonchev–Trinajstić information content (AvgIpc) is 1.87. The first kappa shape index (κ1) is 13.6. The van der Waals surface area contributed by atoms with E-state index < -0.39 is 0 Å². The van der Waals surface area contributed by atoms with Gasteiger partial charge in [-0.25, -0.2) is 0 Å². The number of anilines is 1. The van der Waals surface area contributed by atoms with Crippen molar-refractivity contribution in [3.05, 3.63) is 30.3 Å². The number of nitrogens with two attached hydrogens (primary N) is 1. The minimum atomic E-state index is 0. The molecular formula is C9H14ClNO. The summed E-state index contributed by atoms with van der Waals surface area (Å²) in [5, 5.41) is 0. The maximum absolute atomic E-state index is 9.44. The van der Waals surface area contributed by atoms with Crippen LogP contribution in [0.5, 0.6) is 0 Å². The molecule has 0 amide bonds. The van der Waals surface area contributed by atoms with Crippen molar-refractivity contribution in [1.82, 2.24) is 0 Å². The number of carbonyl (C=O) groups excluding carboxylic acids is 1. The summed E-state index contributed by atoms with van der Waals surface area (Å²) in [6, 6.07) is 9.49. The molecule has 0 aliphatic carbocycles. The normalized spacial score (nSPS) is 7.17. The predicted octanol–water partition coefficient (Wildman–Crippen LogP) is 2.29. The Hall–Kier alpha value is -1.02. The van der Waals surface area contributed by atoms with Gasteiger partial charge in [0.25, 0.3) is 0 Å². The van der Waals surface area contributed by atoms with Gasteiger partial charge in [-0.15, -0.1) is 12.4 Å². The number of para-hydroxylation sites is 1. The Labute approximate surface area is 79.2 Å². The summed E-state index contributed by atoms with van der Waals surface area (Å²) >= 11 is 0. The van der Waals surface area contributed by atoms with Gasteiger partial charge in [0.15, 0.2) is 0 Å². The van der Waals surface area contributed by atoms with Crippen LogP contribution in [0.1, 0.15) is 13.8 Å². The van der Waals surface area contributed by atoms with Crippen LogP contribution in [0.3, 0.4) is 0 Å². The van der Waals surface area contributed by atoms with Crippen LogP contribution in [0.25, 0.3) is 0 Å².